The predicted molar refractivity (Wildman–Crippen MR) is 38.3 cm³/mol. The summed E-state index contributed by atoms with van der Waals surface area (Å²) in [7, 11) is -0.662. The molecular weight excluding hydrogens is 92.1 g/mol. The summed E-state index contributed by atoms with van der Waals surface area (Å²) >= 11 is 0. The van der Waals surface area contributed by atoms with Crippen LogP contribution in [0.3, 0.4) is 0 Å². The Hall–Kier alpha value is 0.0900. The Balaban J connectivity index is 3.85. The molecule has 0 aliphatic carbocycles. The number of hydrogen-bond acceptors (Lipinski definition) is 0. The Kier molecular flexibility index (Phi) is 1.72. The van der Waals surface area contributed by atoms with Gasteiger partial charge in [-0.1, -0.05) is 18.7 Å². The largest absolute Gasteiger partial charge is 0.218 e. The summed E-state index contributed by atoms with van der Waals surface area (Å²) in [5, 5.41) is 0. The van der Waals surface area contributed by atoms with Crippen LogP contribution >= 0.6 is 9.21 Å². The Morgan fingerprint density at radius 3 is 1.67 bits per heavy atom. The van der Waals surface area contributed by atoms with E-state index in [0.29, 0.717) is 0 Å². The summed E-state index contributed by atoms with van der Waals surface area (Å²) in [5.74, 6) is 8.85. The molecule has 0 aromatic rings. The van der Waals surface area contributed by atoms with Crippen LogP contribution in [0.1, 0.15) is 6.92 Å². The van der Waals surface area contributed by atoms with Crippen molar-refractivity contribution in [1.29, 1.82) is 0 Å². The van der Waals surface area contributed by atoms with Crippen molar-refractivity contribution in [1.82, 2.24) is 0 Å². The zero-order valence-electron chi connectivity index (χ0n) is 4.53. The molecular formula is C5H12S. The zero-order valence-corrected chi connectivity index (χ0v) is 5.35. The van der Waals surface area contributed by atoms with Gasteiger partial charge in [-0.05, 0) is 12.0 Å². The lowest BCUT2D eigenvalue weighted by Gasteiger charge is -1.97. The molecule has 0 saturated heterocycles. The standard InChI is InChI=1S/C5H12S/c1-5-6(2,3)4/h2-3,5H2,1,4H3. The normalized spacial score (nSPS) is 11.7. The molecule has 0 aromatic carbocycles. The van der Waals surface area contributed by atoms with Crippen molar-refractivity contribution in [2.24, 2.45) is 0 Å². The molecule has 0 aromatic heterocycles. The Morgan fingerprint density at radius 2 is 1.67 bits per heavy atom. The van der Waals surface area contributed by atoms with Gasteiger partial charge in [0.05, 0.1) is 0 Å². The second-order valence-electron chi connectivity index (χ2n) is 1.77. The van der Waals surface area contributed by atoms with Crippen LogP contribution in [0.2, 0.25) is 0 Å². The van der Waals surface area contributed by atoms with E-state index < -0.39 is 9.21 Å². The third kappa shape index (κ3) is 4.09. The molecule has 38 valence electrons. The third-order valence-corrected chi connectivity index (χ3v) is 2.09. The van der Waals surface area contributed by atoms with E-state index in [-0.39, 0.29) is 0 Å². The SMILES string of the molecule is C=S(=C)(C)CC. The topological polar surface area (TPSA) is 0 Å². The minimum Gasteiger partial charge on any atom is -0.218 e. The minimum atomic E-state index is -0.662. The molecule has 0 radical (unpaired) electrons. The lowest BCUT2D eigenvalue weighted by atomic mass is 11.0. The third-order valence-electron chi connectivity index (χ3n) is 0.697. The van der Waals surface area contributed by atoms with Crippen molar-refractivity contribution in [3.05, 3.63) is 0 Å². The lowest BCUT2D eigenvalue weighted by molar-refractivity contribution is 1.53. The van der Waals surface area contributed by atoms with Crippen molar-refractivity contribution in [2.45, 2.75) is 6.92 Å². The quantitative estimate of drug-likeness (QED) is 0.440. The van der Waals surface area contributed by atoms with Gasteiger partial charge < -0.3 is 0 Å². The van der Waals surface area contributed by atoms with Gasteiger partial charge in [-0.2, -0.15) is 0 Å². The predicted octanol–water partition coefficient (Wildman–Crippen LogP) is 1.30. The molecule has 0 bridgehead atoms. The first-order valence-electron chi connectivity index (χ1n) is 1.98. The Morgan fingerprint density at radius 1 is 1.50 bits per heavy atom. The smallest absolute Gasteiger partial charge is 0.0200 e. The van der Waals surface area contributed by atoms with E-state index in [0.717, 1.165) is 5.75 Å². The van der Waals surface area contributed by atoms with Gasteiger partial charge in [-0.3, -0.25) is 0 Å². The summed E-state index contributed by atoms with van der Waals surface area (Å²) < 4.78 is 0. The summed E-state index contributed by atoms with van der Waals surface area (Å²) in [6, 6.07) is 0. The maximum absolute atomic E-state index is 3.86. The van der Waals surface area contributed by atoms with Crippen LogP contribution < -0.4 is 0 Å². The maximum atomic E-state index is 3.86. The van der Waals surface area contributed by atoms with Crippen LogP contribution in [0.25, 0.3) is 0 Å². The molecule has 1 heteroatoms. The molecule has 0 atom stereocenters. The molecule has 0 spiro atoms. The van der Waals surface area contributed by atoms with Gasteiger partial charge in [0, 0.05) is 0 Å². The second-order valence-corrected chi connectivity index (χ2v) is 5.30. The van der Waals surface area contributed by atoms with Crippen LogP contribution in [0.5, 0.6) is 0 Å². The van der Waals surface area contributed by atoms with E-state index in [1.807, 2.05) is 0 Å². The molecule has 0 aliphatic rings. The van der Waals surface area contributed by atoms with Crippen LogP contribution in [0.15, 0.2) is 0 Å². The van der Waals surface area contributed by atoms with Crippen molar-refractivity contribution < 1.29 is 0 Å². The van der Waals surface area contributed by atoms with E-state index in [2.05, 4.69) is 24.9 Å². The molecule has 0 rings (SSSR count). The monoisotopic (exact) mass is 104 g/mol. The van der Waals surface area contributed by atoms with Crippen molar-refractivity contribution in [3.63, 3.8) is 0 Å². The van der Waals surface area contributed by atoms with Gasteiger partial charge in [0.1, 0.15) is 0 Å². The Labute approximate surface area is 40.7 Å². The highest BCUT2D eigenvalue weighted by Crippen LogP contribution is 2.08. The summed E-state index contributed by atoms with van der Waals surface area (Å²) in [5.41, 5.74) is 0. The van der Waals surface area contributed by atoms with Crippen molar-refractivity contribution >= 4 is 20.9 Å². The van der Waals surface area contributed by atoms with Crippen LogP contribution in [-0.4, -0.2) is 23.7 Å². The first-order valence-corrected chi connectivity index (χ1v) is 4.53. The van der Waals surface area contributed by atoms with Crippen LogP contribution in [0.4, 0.5) is 0 Å². The molecule has 0 unspecified atom stereocenters. The molecule has 0 aliphatic heterocycles. The fourth-order valence-corrected chi connectivity index (χ4v) is 0. The second kappa shape index (κ2) is 1.69. The zero-order chi connectivity index (χ0) is 5.21. The maximum Gasteiger partial charge on any atom is -0.0200 e. The molecule has 0 nitrogen and oxygen atoms in total. The molecule has 0 N–H and O–H groups in total. The number of hydrogen-bond donors (Lipinski definition) is 0. The van der Waals surface area contributed by atoms with Gasteiger partial charge in [-0.15, -0.1) is 0 Å². The summed E-state index contributed by atoms with van der Waals surface area (Å²) in [4.78, 5) is 0. The summed E-state index contributed by atoms with van der Waals surface area (Å²) in [6.07, 6.45) is 2.10. The van der Waals surface area contributed by atoms with Crippen LogP contribution in [-0.2, 0) is 0 Å². The molecule has 0 heterocycles. The van der Waals surface area contributed by atoms with E-state index >= 15 is 0 Å². The van der Waals surface area contributed by atoms with E-state index in [1.165, 1.54) is 0 Å². The highest BCUT2D eigenvalue weighted by Gasteiger charge is 1.74. The van der Waals surface area contributed by atoms with Gasteiger partial charge >= 0.3 is 0 Å². The average molecular weight is 104 g/mol. The van der Waals surface area contributed by atoms with Gasteiger partial charge in [0.25, 0.3) is 0 Å². The molecule has 0 amide bonds. The Bertz CT molecular complexity index is 106. The molecule has 0 saturated carbocycles. The highest BCUT2D eigenvalue weighted by molar-refractivity contribution is 8.27. The van der Waals surface area contributed by atoms with E-state index in [9.17, 15) is 0 Å². The number of rotatable bonds is 1. The van der Waals surface area contributed by atoms with Gasteiger partial charge in [-0.25, -0.2) is 9.21 Å². The van der Waals surface area contributed by atoms with Crippen molar-refractivity contribution in [2.75, 3.05) is 12.0 Å². The first kappa shape index (κ1) is 6.09. The summed E-state index contributed by atoms with van der Waals surface area (Å²) in [6.45, 7) is 2.12. The molecule has 6 heavy (non-hydrogen) atoms. The first-order chi connectivity index (χ1) is 2.56. The highest BCUT2D eigenvalue weighted by atomic mass is 32.2. The average Bonchev–Trinajstić information content (AvgIpc) is 1.35. The van der Waals surface area contributed by atoms with E-state index in [1.54, 1.807) is 0 Å². The molecule has 0 fully saturated rings. The lowest BCUT2D eigenvalue weighted by Crippen LogP contribution is -1.72. The van der Waals surface area contributed by atoms with Crippen LogP contribution in [0, 0.1) is 0 Å². The fourth-order valence-electron chi connectivity index (χ4n) is 0. The van der Waals surface area contributed by atoms with E-state index in [4.69, 9.17) is 0 Å². The van der Waals surface area contributed by atoms with Crippen molar-refractivity contribution in [3.8, 4) is 0 Å². The minimum absolute atomic E-state index is 0.662. The van der Waals surface area contributed by atoms with Gasteiger partial charge in [0.2, 0.25) is 0 Å². The van der Waals surface area contributed by atoms with Gasteiger partial charge in [0.15, 0.2) is 0 Å². The fraction of sp³-hybridized carbons (Fsp3) is 0.600.